The van der Waals surface area contributed by atoms with E-state index in [1.54, 1.807) is 4.90 Å². The molecule has 6 nitrogen and oxygen atoms in total. The lowest BCUT2D eigenvalue weighted by Gasteiger charge is -2.16. The van der Waals surface area contributed by atoms with Gasteiger partial charge in [0.15, 0.2) is 0 Å². The number of carboxylic acids is 1. The second-order valence-corrected chi connectivity index (χ2v) is 7.54. The van der Waals surface area contributed by atoms with Gasteiger partial charge in [0.1, 0.15) is 5.76 Å². The molecule has 26 heavy (non-hydrogen) atoms. The Morgan fingerprint density at radius 2 is 2.00 bits per heavy atom. The minimum absolute atomic E-state index is 0.0218. The van der Waals surface area contributed by atoms with E-state index in [4.69, 9.17) is 4.52 Å². The van der Waals surface area contributed by atoms with Gasteiger partial charge < -0.3 is 14.5 Å². The Morgan fingerprint density at radius 1 is 1.27 bits per heavy atom. The van der Waals surface area contributed by atoms with Crippen LogP contribution >= 0.6 is 11.8 Å². The SMILES string of the molecule is Cc1noc(C)c1CSCC(=O)N1C[C@H](C(=O)O)[C@H](c2ccccc2)C1. The molecule has 1 N–H and O–H groups in total. The molecule has 1 aliphatic heterocycles. The van der Waals surface area contributed by atoms with Crippen LogP contribution in [-0.4, -0.2) is 45.9 Å². The van der Waals surface area contributed by atoms with Crippen LogP contribution in [0.5, 0.6) is 0 Å². The summed E-state index contributed by atoms with van der Waals surface area (Å²) >= 11 is 1.50. The monoisotopic (exact) mass is 374 g/mol. The minimum Gasteiger partial charge on any atom is -0.481 e. The maximum absolute atomic E-state index is 12.6. The lowest BCUT2D eigenvalue weighted by molar-refractivity contribution is -0.141. The molecule has 1 amide bonds. The molecule has 0 radical (unpaired) electrons. The number of aliphatic carboxylic acids is 1. The highest BCUT2D eigenvalue weighted by atomic mass is 32.2. The molecule has 0 unspecified atom stereocenters. The van der Waals surface area contributed by atoms with Gasteiger partial charge in [-0.15, -0.1) is 11.8 Å². The zero-order valence-corrected chi connectivity index (χ0v) is 15.7. The molecule has 1 saturated heterocycles. The first-order chi connectivity index (χ1) is 12.5. The normalized spacial score (nSPS) is 19.7. The lowest BCUT2D eigenvalue weighted by Crippen LogP contribution is -2.31. The number of thioether (sulfide) groups is 1. The van der Waals surface area contributed by atoms with Crippen molar-refractivity contribution in [1.29, 1.82) is 0 Å². The van der Waals surface area contributed by atoms with Crippen LogP contribution in [0.2, 0.25) is 0 Å². The number of rotatable bonds is 6. The highest BCUT2D eigenvalue weighted by molar-refractivity contribution is 7.99. The summed E-state index contributed by atoms with van der Waals surface area (Å²) in [6.07, 6.45) is 0. The van der Waals surface area contributed by atoms with Crippen LogP contribution in [0.25, 0.3) is 0 Å². The Hall–Kier alpha value is -2.28. The largest absolute Gasteiger partial charge is 0.481 e. The second-order valence-electron chi connectivity index (χ2n) is 6.56. The molecule has 7 heteroatoms. The predicted octanol–water partition coefficient (Wildman–Crippen LogP) is 2.85. The van der Waals surface area contributed by atoms with Crippen LogP contribution < -0.4 is 0 Å². The number of carbonyl (C=O) groups excluding carboxylic acids is 1. The molecule has 0 aliphatic carbocycles. The second kappa shape index (κ2) is 7.95. The number of hydrogen-bond acceptors (Lipinski definition) is 5. The number of carbonyl (C=O) groups is 2. The van der Waals surface area contributed by atoms with Gasteiger partial charge in [-0.1, -0.05) is 35.5 Å². The lowest BCUT2D eigenvalue weighted by atomic mass is 9.89. The third-order valence-electron chi connectivity index (χ3n) is 4.87. The van der Waals surface area contributed by atoms with Gasteiger partial charge in [-0.05, 0) is 19.4 Å². The van der Waals surface area contributed by atoms with Gasteiger partial charge in [-0.3, -0.25) is 9.59 Å². The van der Waals surface area contributed by atoms with Crippen molar-refractivity contribution >= 4 is 23.6 Å². The molecule has 0 saturated carbocycles. The summed E-state index contributed by atoms with van der Waals surface area (Å²) in [6, 6.07) is 9.57. The summed E-state index contributed by atoms with van der Waals surface area (Å²) in [4.78, 5) is 25.9. The summed E-state index contributed by atoms with van der Waals surface area (Å²) in [5.74, 6) is 0.158. The van der Waals surface area contributed by atoms with Crippen LogP contribution in [0.4, 0.5) is 0 Å². The molecular formula is C19H22N2O4S. The maximum atomic E-state index is 12.6. The first kappa shape index (κ1) is 18.5. The summed E-state index contributed by atoms with van der Waals surface area (Å²) in [5, 5.41) is 13.5. The van der Waals surface area contributed by atoms with E-state index >= 15 is 0 Å². The fourth-order valence-electron chi connectivity index (χ4n) is 3.34. The minimum atomic E-state index is -0.850. The summed E-state index contributed by atoms with van der Waals surface area (Å²) in [7, 11) is 0. The highest BCUT2D eigenvalue weighted by Crippen LogP contribution is 2.33. The van der Waals surface area contributed by atoms with E-state index in [-0.39, 0.29) is 18.4 Å². The van der Waals surface area contributed by atoms with Gasteiger partial charge in [-0.25, -0.2) is 0 Å². The van der Waals surface area contributed by atoms with Gasteiger partial charge in [0, 0.05) is 30.3 Å². The number of likely N-dealkylation sites (tertiary alicyclic amines) is 1. The van der Waals surface area contributed by atoms with Gasteiger partial charge >= 0.3 is 5.97 Å². The van der Waals surface area contributed by atoms with Crippen molar-refractivity contribution in [3.05, 3.63) is 52.9 Å². The standard InChI is InChI=1S/C19H22N2O4S/c1-12-17(13(2)25-20-12)10-26-11-18(22)21-8-15(16(9-21)19(23)24)14-6-4-3-5-7-14/h3-7,15-16H,8-11H2,1-2H3,(H,23,24)/t15-,16-/m0/s1. The van der Waals surface area contributed by atoms with Crippen LogP contribution in [0.3, 0.4) is 0 Å². The summed E-state index contributed by atoms with van der Waals surface area (Å²) in [5.41, 5.74) is 2.84. The predicted molar refractivity (Wildman–Crippen MR) is 99.0 cm³/mol. The smallest absolute Gasteiger partial charge is 0.308 e. The highest BCUT2D eigenvalue weighted by Gasteiger charge is 2.40. The Balaban J connectivity index is 1.60. The van der Waals surface area contributed by atoms with E-state index in [1.165, 1.54) is 11.8 Å². The average molecular weight is 374 g/mol. The van der Waals surface area contributed by atoms with E-state index in [0.29, 0.717) is 18.1 Å². The van der Waals surface area contributed by atoms with Crippen molar-refractivity contribution in [3.63, 3.8) is 0 Å². The Labute approximate surface area is 156 Å². The number of aryl methyl sites for hydroxylation is 2. The molecule has 138 valence electrons. The Morgan fingerprint density at radius 3 is 2.62 bits per heavy atom. The molecule has 0 bridgehead atoms. The van der Waals surface area contributed by atoms with Gasteiger partial charge in [0.25, 0.3) is 0 Å². The van der Waals surface area contributed by atoms with Crippen molar-refractivity contribution in [1.82, 2.24) is 10.1 Å². The third-order valence-corrected chi connectivity index (χ3v) is 5.81. The van der Waals surface area contributed by atoms with Crippen molar-refractivity contribution < 1.29 is 19.2 Å². The first-order valence-corrected chi connectivity index (χ1v) is 9.68. The van der Waals surface area contributed by atoms with E-state index in [0.717, 1.165) is 22.6 Å². The summed E-state index contributed by atoms with van der Waals surface area (Å²) < 4.78 is 5.13. The molecule has 2 atom stereocenters. The molecule has 2 aromatic rings. The van der Waals surface area contributed by atoms with Crippen molar-refractivity contribution in [3.8, 4) is 0 Å². The Bertz CT molecular complexity index is 771. The molecule has 1 aromatic heterocycles. The molecule has 0 spiro atoms. The Kier molecular flexibility index (Phi) is 5.66. The zero-order chi connectivity index (χ0) is 18.7. The fraction of sp³-hybridized carbons (Fsp3) is 0.421. The molecule has 3 rings (SSSR count). The summed E-state index contributed by atoms with van der Waals surface area (Å²) in [6.45, 7) is 4.46. The number of benzene rings is 1. The maximum Gasteiger partial charge on any atom is 0.308 e. The molecule has 1 aliphatic rings. The number of carboxylic acid groups (broad SMARTS) is 1. The molecule has 1 aromatic carbocycles. The van der Waals surface area contributed by atoms with Crippen LogP contribution in [0.15, 0.2) is 34.9 Å². The third kappa shape index (κ3) is 3.93. The number of nitrogens with zero attached hydrogens (tertiary/aromatic N) is 2. The van der Waals surface area contributed by atoms with E-state index in [1.807, 2.05) is 44.2 Å². The molecular weight excluding hydrogens is 352 g/mol. The van der Waals surface area contributed by atoms with Crippen molar-refractivity contribution in [2.24, 2.45) is 5.92 Å². The van der Waals surface area contributed by atoms with Gasteiger partial charge in [0.2, 0.25) is 5.91 Å². The van der Waals surface area contributed by atoms with Gasteiger partial charge in [-0.2, -0.15) is 0 Å². The van der Waals surface area contributed by atoms with E-state index < -0.39 is 11.9 Å². The van der Waals surface area contributed by atoms with Crippen LogP contribution in [0, 0.1) is 19.8 Å². The zero-order valence-electron chi connectivity index (χ0n) is 14.8. The van der Waals surface area contributed by atoms with E-state index in [2.05, 4.69) is 5.16 Å². The quantitative estimate of drug-likeness (QED) is 0.837. The first-order valence-electron chi connectivity index (χ1n) is 8.52. The van der Waals surface area contributed by atoms with Crippen LogP contribution in [0.1, 0.15) is 28.5 Å². The van der Waals surface area contributed by atoms with Gasteiger partial charge in [0.05, 0.1) is 17.4 Å². The molecule has 2 heterocycles. The van der Waals surface area contributed by atoms with Crippen molar-refractivity contribution in [2.45, 2.75) is 25.5 Å². The van der Waals surface area contributed by atoms with Crippen molar-refractivity contribution in [2.75, 3.05) is 18.8 Å². The average Bonchev–Trinajstić information content (AvgIpc) is 3.21. The molecule has 1 fully saturated rings. The topological polar surface area (TPSA) is 83.6 Å². The fourth-order valence-corrected chi connectivity index (χ4v) is 4.41. The number of aromatic nitrogens is 1. The number of amides is 1. The van der Waals surface area contributed by atoms with Crippen LogP contribution in [-0.2, 0) is 15.3 Å². The van der Waals surface area contributed by atoms with E-state index in [9.17, 15) is 14.7 Å². The number of hydrogen-bond donors (Lipinski definition) is 1.